The first kappa shape index (κ1) is 15.3. The van der Waals surface area contributed by atoms with Crippen LogP contribution in [0.3, 0.4) is 0 Å². The first-order valence-electron chi connectivity index (χ1n) is 5.17. The number of halogens is 2. The molecule has 0 bridgehead atoms. The lowest BCUT2D eigenvalue weighted by molar-refractivity contribution is 0.414. The maximum atomic E-state index is 5.90. The molecule has 0 aliphatic rings. The summed E-state index contributed by atoms with van der Waals surface area (Å²) in [7, 11) is 0. The normalized spacial score (nSPS) is 10.1. The quantitative estimate of drug-likeness (QED) is 0.860. The van der Waals surface area contributed by atoms with E-state index < -0.39 is 0 Å². The Kier molecular flexibility index (Phi) is 6.49. The third-order valence-electron chi connectivity index (χ3n) is 2.06. The minimum atomic E-state index is 0. The number of rotatable bonds is 5. The molecular weight excluding hydrogens is 293 g/mol. The Hall–Kier alpha value is -0.750. The maximum Gasteiger partial charge on any atom is 0.276 e. The van der Waals surface area contributed by atoms with Gasteiger partial charge in [0.15, 0.2) is 0 Å². The van der Waals surface area contributed by atoms with Gasteiger partial charge in [0.2, 0.25) is 5.89 Å². The lowest BCUT2D eigenvalue weighted by Gasteiger charge is -1.98. The minimum absolute atomic E-state index is 0. The molecule has 0 saturated heterocycles. The van der Waals surface area contributed by atoms with Gasteiger partial charge in [0.25, 0.3) is 5.22 Å². The van der Waals surface area contributed by atoms with Crippen molar-refractivity contribution in [2.24, 2.45) is 5.73 Å². The van der Waals surface area contributed by atoms with E-state index in [1.54, 1.807) is 0 Å². The molecule has 0 saturated carbocycles. The number of aromatic nitrogens is 2. The van der Waals surface area contributed by atoms with Crippen molar-refractivity contribution in [2.75, 3.05) is 6.54 Å². The summed E-state index contributed by atoms with van der Waals surface area (Å²) in [6.45, 7) is 0.514. The van der Waals surface area contributed by atoms with Gasteiger partial charge in [-0.3, -0.25) is 0 Å². The molecule has 1 aromatic carbocycles. The summed E-state index contributed by atoms with van der Waals surface area (Å²) >= 11 is 7.39. The predicted octanol–water partition coefficient (Wildman–Crippen LogP) is 2.94. The molecule has 2 aromatic rings. The van der Waals surface area contributed by atoms with Gasteiger partial charge in [-0.15, -0.1) is 22.6 Å². The van der Waals surface area contributed by atoms with Gasteiger partial charge >= 0.3 is 0 Å². The Balaban J connectivity index is 0.00000162. The van der Waals surface area contributed by atoms with Crippen molar-refractivity contribution in [1.29, 1.82) is 0 Å². The summed E-state index contributed by atoms with van der Waals surface area (Å²) < 4.78 is 5.40. The van der Waals surface area contributed by atoms with Crippen LogP contribution >= 0.6 is 35.8 Å². The smallest absolute Gasteiger partial charge is 0.276 e. The number of nitrogens with two attached hydrogens (primary N) is 1. The van der Waals surface area contributed by atoms with Crippen molar-refractivity contribution in [2.45, 2.75) is 17.4 Å². The molecule has 0 fully saturated rings. The molecule has 0 unspecified atom stereocenters. The molecule has 0 aliphatic carbocycles. The van der Waals surface area contributed by atoms with Crippen molar-refractivity contribution < 1.29 is 4.42 Å². The summed E-state index contributed by atoms with van der Waals surface area (Å²) in [4.78, 5) is 0. The van der Waals surface area contributed by atoms with Crippen LogP contribution in [0, 0.1) is 0 Å². The Morgan fingerprint density at radius 1 is 1.33 bits per heavy atom. The van der Waals surface area contributed by atoms with Crippen molar-refractivity contribution in [3.63, 3.8) is 0 Å². The predicted molar refractivity (Wildman–Crippen MR) is 75.3 cm³/mol. The minimum Gasteiger partial charge on any atom is -0.416 e. The number of hydrogen-bond donors (Lipinski definition) is 1. The van der Waals surface area contributed by atoms with Crippen LogP contribution in [0.15, 0.2) is 33.9 Å². The summed E-state index contributed by atoms with van der Waals surface area (Å²) in [5.41, 5.74) is 6.53. The molecule has 0 amide bonds. The van der Waals surface area contributed by atoms with Gasteiger partial charge in [-0.2, -0.15) is 0 Å². The zero-order valence-corrected chi connectivity index (χ0v) is 11.9. The second kappa shape index (κ2) is 7.63. The van der Waals surface area contributed by atoms with E-state index in [9.17, 15) is 0 Å². The van der Waals surface area contributed by atoms with E-state index in [-0.39, 0.29) is 12.4 Å². The van der Waals surface area contributed by atoms with Crippen LogP contribution in [-0.4, -0.2) is 16.7 Å². The van der Waals surface area contributed by atoms with E-state index in [1.165, 1.54) is 11.8 Å². The fourth-order valence-corrected chi connectivity index (χ4v) is 2.23. The highest BCUT2D eigenvalue weighted by Gasteiger charge is 2.06. The van der Waals surface area contributed by atoms with Crippen LogP contribution in [0.4, 0.5) is 0 Å². The number of thioether (sulfide) groups is 1. The van der Waals surface area contributed by atoms with Crippen molar-refractivity contribution in [1.82, 2.24) is 10.2 Å². The van der Waals surface area contributed by atoms with Crippen LogP contribution in [0.2, 0.25) is 5.02 Å². The number of hydrogen-bond acceptors (Lipinski definition) is 5. The van der Waals surface area contributed by atoms with Crippen LogP contribution in [0.5, 0.6) is 0 Å². The molecule has 2 N–H and O–H groups in total. The summed E-state index contributed by atoms with van der Waals surface area (Å²) in [5, 5.41) is 9.12. The van der Waals surface area contributed by atoms with E-state index in [0.29, 0.717) is 24.1 Å². The van der Waals surface area contributed by atoms with Crippen LogP contribution in [0.25, 0.3) is 0 Å². The molecule has 0 radical (unpaired) electrons. The fourth-order valence-electron chi connectivity index (χ4n) is 1.29. The van der Waals surface area contributed by atoms with Crippen molar-refractivity contribution >= 4 is 35.8 Å². The van der Waals surface area contributed by atoms with Gasteiger partial charge < -0.3 is 10.2 Å². The zero-order chi connectivity index (χ0) is 12.1. The molecule has 0 aliphatic heterocycles. The number of benzene rings is 1. The molecule has 1 aromatic heterocycles. The molecule has 18 heavy (non-hydrogen) atoms. The van der Waals surface area contributed by atoms with Crippen molar-refractivity contribution in [3.8, 4) is 0 Å². The topological polar surface area (TPSA) is 64.9 Å². The average molecular weight is 306 g/mol. The largest absolute Gasteiger partial charge is 0.416 e. The molecule has 1 heterocycles. The lowest BCUT2D eigenvalue weighted by Crippen LogP contribution is -2.02. The molecule has 4 nitrogen and oxygen atoms in total. The molecule has 0 spiro atoms. The standard InChI is InChI=1S/C11H12ClN3OS.ClH/c12-9-3-1-2-8(6-9)7-17-11-15-14-10(16-11)4-5-13;/h1-3,6H,4-5,7,13H2;1H. The monoisotopic (exact) mass is 305 g/mol. The second-order valence-corrected chi connectivity index (χ2v) is 4.78. The number of nitrogens with zero attached hydrogens (tertiary/aromatic N) is 2. The highest BCUT2D eigenvalue weighted by atomic mass is 35.5. The van der Waals surface area contributed by atoms with Crippen LogP contribution < -0.4 is 5.73 Å². The van der Waals surface area contributed by atoms with Crippen molar-refractivity contribution in [3.05, 3.63) is 40.7 Å². The average Bonchev–Trinajstić information content (AvgIpc) is 2.75. The van der Waals surface area contributed by atoms with E-state index in [4.69, 9.17) is 21.8 Å². The fraction of sp³-hybridized carbons (Fsp3) is 0.273. The highest BCUT2D eigenvalue weighted by Crippen LogP contribution is 2.22. The summed E-state index contributed by atoms with van der Waals surface area (Å²) in [6, 6.07) is 7.70. The van der Waals surface area contributed by atoms with Gasteiger partial charge in [0.05, 0.1) is 0 Å². The maximum absolute atomic E-state index is 5.90. The van der Waals surface area contributed by atoms with Gasteiger partial charge in [0, 0.05) is 23.7 Å². The Labute approximate surface area is 121 Å². The van der Waals surface area contributed by atoms with E-state index in [0.717, 1.165) is 16.3 Å². The lowest BCUT2D eigenvalue weighted by atomic mass is 10.2. The van der Waals surface area contributed by atoms with Gasteiger partial charge in [0.1, 0.15) is 0 Å². The second-order valence-electron chi connectivity index (χ2n) is 3.42. The SMILES string of the molecule is Cl.NCCc1nnc(SCc2cccc(Cl)c2)o1. The van der Waals surface area contributed by atoms with E-state index >= 15 is 0 Å². The highest BCUT2D eigenvalue weighted by molar-refractivity contribution is 7.98. The van der Waals surface area contributed by atoms with Gasteiger partial charge in [-0.05, 0) is 17.7 Å². The van der Waals surface area contributed by atoms with Crippen LogP contribution in [-0.2, 0) is 12.2 Å². The molecule has 2 rings (SSSR count). The molecule has 0 atom stereocenters. The first-order chi connectivity index (χ1) is 8.28. The van der Waals surface area contributed by atoms with Gasteiger partial charge in [-0.25, -0.2) is 0 Å². The Morgan fingerprint density at radius 2 is 2.17 bits per heavy atom. The van der Waals surface area contributed by atoms with Gasteiger partial charge in [-0.1, -0.05) is 35.5 Å². The van der Waals surface area contributed by atoms with E-state index in [2.05, 4.69) is 10.2 Å². The third-order valence-corrected chi connectivity index (χ3v) is 3.18. The molecule has 7 heteroatoms. The summed E-state index contributed by atoms with van der Waals surface area (Å²) in [6.07, 6.45) is 0.616. The Morgan fingerprint density at radius 3 is 2.89 bits per heavy atom. The summed E-state index contributed by atoms with van der Waals surface area (Å²) in [5.74, 6) is 1.34. The zero-order valence-electron chi connectivity index (χ0n) is 9.51. The molecular formula is C11H13Cl2N3OS. The molecule has 98 valence electrons. The Bertz CT molecular complexity index is 493. The van der Waals surface area contributed by atoms with E-state index in [1.807, 2.05) is 24.3 Å². The third kappa shape index (κ3) is 4.49. The van der Waals surface area contributed by atoms with Crippen LogP contribution in [0.1, 0.15) is 11.5 Å². The first-order valence-corrected chi connectivity index (χ1v) is 6.54.